The maximum Gasteiger partial charge on any atom is 0.228 e. The number of piperidine rings is 1. The second-order valence-electron chi connectivity index (χ2n) is 5.77. The van der Waals surface area contributed by atoms with E-state index in [0.717, 1.165) is 48.6 Å². The Morgan fingerprint density at radius 3 is 2.87 bits per heavy atom. The van der Waals surface area contributed by atoms with E-state index < -0.39 is 0 Å². The first-order valence-electron chi connectivity index (χ1n) is 7.69. The van der Waals surface area contributed by atoms with Gasteiger partial charge >= 0.3 is 0 Å². The van der Waals surface area contributed by atoms with Crippen molar-refractivity contribution >= 4 is 24.0 Å². The fraction of sp³-hybridized carbons (Fsp3) is 0.412. The molecule has 1 aromatic carbocycles. The fourth-order valence-electron chi connectivity index (χ4n) is 2.65. The second kappa shape index (κ2) is 7.62. The summed E-state index contributed by atoms with van der Waals surface area (Å²) in [5, 5.41) is 6.26. The standard InChI is InChI=1S/C17H21N3O2.ClH/c1-11-12(2)22-17(19-11)13-5-3-7-15(9-13)20-16(21)14-6-4-8-18-10-14;/h3,5,7,9,14,18H,4,6,8,10H2,1-2H3,(H,20,21);1H. The zero-order valence-corrected chi connectivity index (χ0v) is 14.2. The molecule has 1 amide bonds. The summed E-state index contributed by atoms with van der Waals surface area (Å²) in [5.41, 5.74) is 2.54. The van der Waals surface area contributed by atoms with Crippen LogP contribution in [-0.2, 0) is 4.79 Å². The van der Waals surface area contributed by atoms with Gasteiger partial charge in [-0.1, -0.05) is 6.07 Å². The van der Waals surface area contributed by atoms with Gasteiger partial charge in [0.05, 0.1) is 11.6 Å². The largest absolute Gasteiger partial charge is 0.441 e. The first-order chi connectivity index (χ1) is 10.6. The number of halogens is 1. The van der Waals surface area contributed by atoms with E-state index in [1.54, 1.807) is 0 Å². The molecule has 1 aliphatic heterocycles. The highest BCUT2D eigenvalue weighted by Crippen LogP contribution is 2.24. The van der Waals surface area contributed by atoms with Crippen molar-refractivity contribution in [3.05, 3.63) is 35.7 Å². The Morgan fingerprint density at radius 2 is 2.22 bits per heavy atom. The molecule has 0 radical (unpaired) electrons. The average Bonchev–Trinajstić information content (AvgIpc) is 2.88. The van der Waals surface area contributed by atoms with Gasteiger partial charge in [0, 0.05) is 17.8 Å². The lowest BCUT2D eigenvalue weighted by molar-refractivity contribution is -0.120. The van der Waals surface area contributed by atoms with Gasteiger partial charge in [-0.3, -0.25) is 4.79 Å². The summed E-state index contributed by atoms with van der Waals surface area (Å²) in [4.78, 5) is 16.7. The van der Waals surface area contributed by atoms with Crippen molar-refractivity contribution in [3.8, 4) is 11.5 Å². The molecule has 0 spiro atoms. The Balaban J connectivity index is 0.00000192. The summed E-state index contributed by atoms with van der Waals surface area (Å²) in [6, 6.07) is 7.63. The van der Waals surface area contributed by atoms with Gasteiger partial charge in [0.2, 0.25) is 11.8 Å². The fourth-order valence-corrected chi connectivity index (χ4v) is 2.65. The predicted octanol–water partition coefficient (Wildman–Crippen LogP) is 3.32. The van der Waals surface area contributed by atoms with Crippen molar-refractivity contribution in [1.29, 1.82) is 0 Å². The molecule has 2 heterocycles. The first-order valence-corrected chi connectivity index (χ1v) is 7.69. The van der Waals surface area contributed by atoms with Crippen molar-refractivity contribution in [3.63, 3.8) is 0 Å². The molecule has 124 valence electrons. The van der Waals surface area contributed by atoms with E-state index in [0.29, 0.717) is 5.89 Å². The van der Waals surface area contributed by atoms with E-state index in [1.165, 1.54) is 0 Å². The molecule has 1 aromatic heterocycles. The molecule has 1 aliphatic rings. The zero-order chi connectivity index (χ0) is 15.5. The van der Waals surface area contributed by atoms with Crippen molar-refractivity contribution in [2.75, 3.05) is 18.4 Å². The number of hydrogen-bond acceptors (Lipinski definition) is 4. The number of nitrogens with zero attached hydrogens (tertiary/aromatic N) is 1. The highest BCUT2D eigenvalue weighted by molar-refractivity contribution is 5.93. The van der Waals surface area contributed by atoms with Crippen LogP contribution in [0.15, 0.2) is 28.7 Å². The summed E-state index contributed by atoms with van der Waals surface area (Å²) in [7, 11) is 0. The number of benzene rings is 1. The third kappa shape index (κ3) is 4.12. The number of carbonyl (C=O) groups is 1. The topological polar surface area (TPSA) is 67.2 Å². The van der Waals surface area contributed by atoms with Gasteiger partial charge < -0.3 is 15.1 Å². The summed E-state index contributed by atoms with van der Waals surface area (Å²) in [6.45, 7) is 5.57. The van der Waals surface area contributed by atoms with E-state index >= 15 is 0 Å². The SMILES string of the molecule is Cc1nc(-c2cccc(NC(=O)C3CCCNC3)c2)oc1C.Cl. The van der Waals surface area contributed by atoms with Gasteiger partial charge in [-0.05, 0) is 51.4 Å². The maximum atomic E-state index is 12.3. The van der Waals surface area contributed by atoms with Crippen LogP contribution in [0.3, 0.4) is 0 Å². The minimum Gasteiger partial charge on any atom is -0.441 e. The van der Waals surface area contributed by atoms with E-state index in [2.05, 4.69) is 15.6 Å². The third-order valence-electron chi connectivity index (χ3n) is 4.07. The molecule has 1 fully saturated rings. The Labute approximate surface area is 142 Å². The number of aromatic nitrogens is 1. The molecule has 23 heavy (non-hydrogen) atoms. The zero-order valence-electron chi connectivity index (χ0n) is 13.4. The minimum absolute atomic E-state index is 0. The number of oxazole rings is 1. The predicted molar refractivity (Wildman–Crippen MR) is 92.9 cm³/mol. The molecule has 1 unspecified atom stereocenters. The lowest BCUT2D eigenvalue weighted by Crippen LogP contribution is -2.37. The molecule has 5 nitrogen and oxygen atoms in total. The van der Waals surface area contributed by atoms with Gasteiger partial charge in [-0.2, -0.15) is 0 Å². The van der Waals surface area contributed by atoms with Crippen LogP contribution in [0.1, 0.15) is 24.3 Å². The number of nitrogens with one attached hydrogen (secondary N) is 2. The lowest BCUT2D eigenvalue weighted by Gasteiger charge is -2.21. The van der Waals surface area contributed by atoms with Crippen LogP contribution in [0.5, 0.6) is 0 Å². The Morgan fingerprint density at radius 1 is 1.39 bits per heavy atom. The van der Waals surface area contributed by atoms with Crippen LogP contribution in [-0.4, -0.2) is 24.0 Å². The van der Waals surface area contributed by atoms with Gasteiger partial charge in [0.1, 0.15) is 5.76 Å². The van der Waals surface area contributed by atoms with Crippen LogP contribution in [0.2, 0.25) is 0 Å². The summed E-state index contributed by atoms with van der Waals surface area (Å²) < 4.78 is 5.64. The van der Waals surface area contributed by atoms with Gasteiger partial charge in [0.15, 0.2) is 0 Å². The molecule has 1 saturated heterocycles. The molecular formula is C17H22ClN3O2. The molecule has 2 N–H and O–H groups in total. The molecule has 2 aromatic rings. The highest BCUT2D eigenvalue weighted by atomic mass is 35.5. The van der Waals surface area contributed by atoms with E-state index in [4.69, 9.17) is 4.42 Å². The molecule has 1 atom stereocenters. The van der Waals surface area contributed by atoms with E-state index in [-0.39, 0.29) is 24.2 Å². The van der Waals surface area contributed by atoms with Crippen LogP contribution in [0, 0.1) is 19.8 Å². The lowest BCUT2D eigenvalue weighted by atomic mass is 9.99. The smallest absolute Gasteiger partial charge is 0.228 e. The quantitative estimate of drug-likeness (QED) is 0.903. The van der Waals surface area contributed by atoms with Crippen molar-refractivity contribution < 1.29 is 9.21 Å². The van der Waals surface area contributed by atoms with E-state index in [1.807, 2.05) is 38.1 Å². The third-order valence-corrected chi connectivity index (χ3v) is 4.07. The number of aryl methyl sites for hydroxylation is 2. The van der Waals surface area contributed by atoms with Crippen LogP contribution in [0.4, 0.5) is 5.69 Å². The van der Waals surface area contributed by atoms with Crippen LogP contribution >= 0.6 is 12.4 Å². The molecule has 6 heteroatoms. The number of anilines is 1. The molecule has 0 bridgehead atoms. The molecule has 3 rings (SSSR count). The van der Waals surface area contributed by atoms with Gasteiger partial charge in [-0.15, -0.1) is 12.4 Å². The summed E-state index contributed by atoms with van der Waals surface area (Å²) in [5.74, 6) is 1.52. The summed E-state index contributed by atoms with van der Waals surface area (Å²) in [6.07, 6.45) is 1.99. The normalized spacial score (nSPS) is 17.4. The number of amides is 1. The molecule has 0 saturated carbocycles. The monoisotopic (exact) mass is 335 g/mol. The molecular weight excluding hydrogens is 314 g/mol. The van der Waals surface area contributed by atoms with Crippen LogP contribution in [0.25, 0.3) is 11.5 Å². The number of hydrogen-bond donors (Lipinski definition) is 2. The van der Waals surface area contributed by atoms with Crippen molar-refractivity contribution in [2.24, 2.45) is 5.92 Å². The van der Waals surface area contributed by atoms with Crippen molar-refractivity contribution in [1.82, 2.24) is 10.3 Å². The maximum absolute atomic E-state index is 12.3. The number of rotatable bonds is 3. The van der Waals surface area contributed by atoms with Gasteiger partial charge in [-0.25, -0.2) is 4.98 Å². The summed E-state index contributed by atoms with van der Waals surface area (Å²) >= 11 is 0. The first kappa shape index (κ1) is 17.5. The Bertz CT molecular complexity index is 659. The number of carbonyl (C=O) groups excluding carboxylic acids is 1. The Hall–Kier alpha value is -1.85. The Kier molecular flexibility index (Phi) is 5.80. The highest BCUT2D eigenvalue weighted by Gasteiger charge is 2.21. The van der Waals surface area contributed by atoms with Crippen LogP contribution < -0.4 is 10.6 Å². The minimum atomic E-state index is 0. The molecule has 0 aliphatic carbocycles. The second-order valence-corrected chi connectivity index (χ2v) is 5.77. The van der Waals surface area contributed by atoms with Crippen molar-refractivity contribution in [2.45, 2.75) is 26.7 Å². The van der Waals surface area contributed by atoms with Gasteiger partial charge in [0.25, 0.3) is 0 Å². The average molecular weight is 336 g/mol. The van der Waals surface area contributed by atoms with E-state index in [9.17, 15) is 4.79 Å².